The molecule has 86 valence electrons. The Morgan fingerprint density at radius 1 is 1.19 bits per heavy atom. The lowest BCUT2D eigenvalue weighted by molar-refractivity contribution is 0.101. The van der Waals surface area contributed by atoms with Crippen LogP contribution in [0.25, 0.3) is 5.57 Å². The van der Waals surface area contributed by atoms with Gasteiger partial charge in [-0.2, -0.15) is 0 Å². The van der Waals surface area contributed by atoms with Gasteiger partial charge in [-0.25, -0.2) is 0 Å². The van der Waals surface area contributed by atoms with Crippen LogP contribution in [-0.2, 0) is 0 Å². The summed E-state index contributed by atoms with van der Waals surface area (Å²) in [6, 6.07) is 5.93. The van der Waals surface area contributed by atoms with Gasteiger partial charge in [0, 0.05) is 5.56 Å². The van der Waals surface area contributed by atoms with Crippen molar-refractivity contribution in [1.29, 1.82) is 0 Å². The molecule has 0 unspecified atom stereocenters. The van der Waals surface area contributed by atoms with Crippen LogP contribution in [-0.4, -0.2) is 5.78 Å². The first-order chi connectivity index (χ1) is 7.47. The van der Waals surface area contributed by atoms with E-state index in [-0.39, 0.29) is 5.78 Å². The van der Waals surface area contributed by atoms with E-state index in [1.54, 1.807) is 6.92 Å². The number of hydrogen-bond donors (Lipinski definition) is 0. The van der Waals surface area contributed by atoms with E-state index in [9.17, 15) is 4.79 Å². The van der Waals surface area contributed by atoms with E-state index in [1.807, 2.05) is 18.2 Å². The fourth-order valence-electron chi connectivity index (χ4n) is 1.74. The Morgan fingerprint density at radius 3 is 2.31 bits per heavy atom. The third-order valence-electron chi connectivity index (χ3n) is 3.22. The fraction of sp³-hybridized carbons (Fsp3) is 0.400. The van der Waals surface area contributed by atoms with Crippen LogP contribution in [0, 0.1) is 6.92 Å². The normalized spacial score (nSPS) is 12.3. The van der Waals surface area contributed by atoms with Gasteiger partial charge in [0.05, 0.1) is 0 Å². The summed E-state index contributed by atoms with van der Waals surface area (Å²) < 4.78 is 0. The molecule has 1 rings (SSSR count). The Balaban J connectivity index is 3.33. The zero-order valence-electron chi connectivity index (χ0n) is 10.8. The van der Waals surface area contributed by atoms with Crippen molar-refractivity contribution in [2.45, 2.75) is 41.0 Å². The molecule has 0 aliphatic rings. The van der Waals surface area contributed by atoms with Crippen molar-refractivity contribution in [3.8, 4) is 0 Å². The highest BCUT2D eigenvalue weighted by atomic mass is 16.1. The van der Waals surface area contributed by atoms with Crippen molar-refractivity contribution in [2.24, 2.45) is 0 Å². The highest BCUT2D eigenvalue weighted by molar-refractivity contribution is 5.95. The Bertz CT molecular complexity index is 439. The second kappa shape index (κ2) is 5.11. The minimum absolute atomic E-state index is 0.128. The number of aryl methyl sites for hydroxylation is 1. The predicted octanol–water partition coefficient (Wildman–Crippen LogP) is 4.40. The number of carbonyl (C=O) groups excluding carboxylic acids is 1. The zero-order valence-corrected chi connectivity index (χ0v) is 10.8. The molecule has 0 bridgehead atoms. The lowest BCUT2D eigenvalue weighted by Crippen LogP contribution is -1.96. The maximum absolute atomic E-state index is 11.4. The van der Waals surface area contributed by atoms with Crippen LogP contribution in [0.1, 0.15) is 55.6 Å². The van der Waals surface area contributed by atoms with Crippen molar-refractivity contribution >= 4 is 11.4 Å². The molecule has 1 aromatic rings. The Kier molecular flexibility index (Phi) is 4.05. The first-order valence-electron chi connectivity index (χ1n) is 5.75. The van der Waals surface area contributed by atoms with Crippen molar-refractivity contribution in [3.63, 3.8) is 0 Å². The van der Waals surface area contributed by atoms with E-state index in [2.05, 4.69) is 27.7 Å². The molecular weight excluding hydrogens is 196 g/mol. The van der Waals surface area contributed by atoms with Crippen LogP contribution in [0.3, 0.4) is 0 Å². The minimum atomic E-state index is 0.128. The third kappa shape index (κ3) is 2.60. The van der Waals surface area contributed by atoms with Crippen molar-refractivity contribution < 1.29 is 4.79 Å². The highest BCUT2D eigenvalue weighted by Crippen LogP contribution is 2.24. The smallest absolute Gasteiger partial charge is 0.159 e. The van der Waals surface area contributed by atoms with Crippen LogP contribution in [0.2, 0.25) is 0 Å². The lowest BCUT2D eigenvalue weighted by Gasteiger charge is -2.11. The van der Waals surface area contributed by atoms with Gasteiger partial charge in [-0.05, 0) is 56.9 Å². The van der Waals surface area contributed by atoms with Gasteiger partial charge in [-0.3, -0.25) is 4.79 Å². The summed E-state index contributed by atoms with van der Waals surface area (Å²) in [5.41, 5.74) is 5.90. The van der Waals surface area contributed by atoms with E-state index in [0.717, 1.165) is 12.0 Å². The van der Waals surface area contributed by atoms with E-state index in [4.69, 9.17) is 0 Å². The molecular formula is C15H20O. The van der Waals surface area contributed by atoms with Crippen LogP contribution in [0.15, 0.2) is 23.8 Å². The number of ketones is 1. The molecule has 0 saturated carbocycles. The second-order valence-corrected chi connectivity index (χ2v) is 4.34. The zero-order chi connectivity index (χ0) is 12.3. The second-order valence-electron chi connectivity index (χ2n) is 4.34. The topological polar surface area (TPSA) is 17.1 Å². The van der Waals surface area contributed by atoms with Gasteiger partial charge in [0.1, 0.15) is 0 Å². The molecule has 0 N–H and O–H groups in total. The van der Waals surface area contributed by atoms with Gasteiger partial charge in [0.15, 0.2) is 5.78 Å². The molecule has 0 aliphatic heterocycles. The maximum atomic E-state index is 11.4. The van der Waals surface area contributed by atoms with Crippen molar-refractivity contribution in [3.05, 3.63) is 40.5 Å². The molecule has 1 nitrogen and oxygen atoms in total. The first kappa shape index (κ1) is 12.7. The summed E-state index contributed by atoms with van der Waals surface area (Å²) in [5, 5.41) is 0. The Hall–Kier alpha value is -1.37. The Labute approximate surface area is 98.2 Å². The maximum Gasteiger partial charge on any atom is 0.159 e. The summed E-state index contributed by atoms with van der Waals surface area (Å²) in [5.74, 6) is 0.128. The van der Waals surface area contributed by atoms with Crippen LogP contribution >= 0.6 is 0 Å². The highest BCUT2D eigenvalue weighted by Gasteiger charge is 2.06. The number of carbonyl (C=O) groups is 1. The minimum Gasteiger partial charge on any atom is -0.295 e. The Morgan fingerprint density at radius 2 is 1.81 bits per heavy atom. The van der Waals surface area contributed by atoms with Gasteiger partial charge >= 0.3 is 0 Å². The molecule has 0 heterocycles. The standard InChI is InChI=1S/C15H20O/c1-6-10(2)12(4)15-9-14(13(5)16)8-7-11(15)3/h7-9H,6H2,1-5H3/b12-10+. The van der Waals surface area contributed by atoms with Gasteiger partial charge in [0.2, 0.25) is 0 Å². The number of rotatable bonds is 3. The number of allylic oxidation sites excluding steroid dienone is 2. The average molecular weight is 216 g/mol. The van der Waals surface area contributed by atoms with E-state index in [1.165, 1.54) is 22.3 Å². The monoisotopic (exact) mass is 216 g/mol. The van der Waals surface area contributed by atoms with E-state index in [0.29, 0.717) is 0 Å². The van der Waals surface area contributed by atoms with Crippen molar-refractivity contribution in [2.75, 3.05) is 0 Å². The van der Waals surface area contributed by atoms with Crippen LogP contribution < -0.4 is 0 Å². The molecule has 16 heavy (non-hydrogen) atoms. The summed E-state index contributed by atoms with van der Waals surface area (Å²) in [6.07, 6.45) is 1.05. The molecule has 0 aliphatic carbocycles. The molecule has 1 heteroatoms. The molecule has 0 spiro atoms. The van der Waals surface area contributed by atoms with E-state index >= 15 is 0 Å². The summed E-state index contributed by atoms with van der Waals surface area (Å²) in [7, 11) is 0. The third-order valence-corrected chi connectivity index (χ3v) is 3.22. The molecule has 1 aromatic carbocycles. The average Bonchev–Trinajstić information content (AvgIpc) is 2.27. The first-order valence-corrected chi connectivity index (χ1v) is 5.75. The summed E-state index contributed by atoms with van der Waals surface area (Å²) >= 11 is 0. The van der Waals surface area contributed by atoms with Crippen LogP contribution in [0.4, 0.5) is 0 Å². The number of Topliss-reactive ketones (excluding diaryl/α,β-unsaturated/α-hetero) is 1. The van der Waals surface area contributed by atoms with Gasteiger partial charge in [-0.15, -0.1) is 0 Å². The molecule has 0 amide bonds. The molecule has 0 saturated heterocycles. The van der Waals surface area contributed by atoms with Gasteiger partial charge in [0.25, 0.3) is 0 Å². The van der Waals surface area contributed by atoms with E-state index < -0.39 is 0 Å². The summed E-state index contributed by atoms with van der Waals surface area (Å²) in [6.45, 7) is 10.1. The number of hydrogen-bond acceptors (Lipinski definition) is 1. The largest absolute Gasteiger partial charge is 0.295 e. The summed E-state index contributed by atoms with van der Waals surface area (Å²) in [4.78, 5) is 11.4. The molecule has 0 fully saturated rings. The van der Waals surface area contributed by atoms with Gasteiger partial charge < -0.3 is 0 Å². The molecule has 0 radical (unpaired) electrons. The predicted molar refractivity (Wildman–Crippen MR) is 69.7 cm³/mol. The van der Waals surface area contributed by atoms with Crippen LogP contribution in [0.5, 0.6) is 0 Å². The molecule has 0 aromatic heterocycles. The van der Waals surface area contributed by atoms with Crippen molar-refractivity contribution in [1.82, 2.24) is 0 Å². The number of benzene rings is 1. The SMILES string of the molecule is CC/C(C)=C(\C)c1cc(C(C)=O)ccc1C. The van der Waals surface area contributed by atoms with Gasteiger partial charge in [-0.1, -0.05) is 24.6 Å². The molecule has 0 atom stereocenters. The quantitative estimate of drug-likeness (QED) is 0.684. The fourth-order valence-corrected chi connectivity index (χ4v) is 1.74. The lowest BCUT2D eigenvalue weighted by atomic mass is 9.94.